The molecular formula is C19H24O2. The van der Waals surface area contributed by atoms with Crippen molar-refractivity contribution in [3.63, 3.8) is 0 Å². The van der Waals surface area contributed by atoms with Crippen LogP contribution in [-0.4, -0.2) is 13.2 Å². The highest BCUT2D eigenvalue weighted by Gasteiger charge is 2.01. The third kappa shape index (κ3) is 4.52. The van der Waals surface area contributed by atoms with Gasteiger partial charge in [0.25, 0.3) is 0 Å². The molecule has 0 aliphatic heterocycles. The second kappa shape index (κ2) is 7.16. The largest absolute Gasteiger partial charge is 0.493 e. The number of aryl methyl sites for hydroxylation is 4. The molecule has 0 saturated carbocycles. The topological polar surface area (TPSA) is 18.5 Å². The molecule has 0 aromatic heterocycles. The van der Waals surface area contributed by atoms with Crippen LogP contribution in [-0.2, 0) is 0 Å². The number of hydrogen-bond donors (Lipinski definition) is 0. The first-order valence-electron chi connectivity index (χ1n) is 7.46. The summed E-state index contributed by atoms with van der Waals surface area (Å²) in [7, 11) is 0. The van der Waals surface area contributed by atoms with Crippen molar-refractivity contribution in [1.29, 1.82) is 0 Å². The van der Waals surface area contributed by atoms with Crippen molar-refractivity contribution in [2.75, 3.05) is 13.2 Å². The molecule has 0 unspecified atom stereocenters. The average molecular weight is 284 g/mol. The Balaban J connectivity index is 1.75. The average Bonchev–Trinajstić information content (AvgIpc) is 2.42. The molecule has 2 rings (SSSR count). The highest BCUT2D eigenvalue weighted by molar-refractivity contribution is 5.36. The van der Waals surface area contributed by atoms with Crippen molar-refractivity contribution in [3.8, 4) is 11.5 Å². The van der Waals surface area contributed by atoms with E-state index in [1.54, 1.807) is 0 Å². The summed E-state index contributed by atoms with van der Waals surface area (Å²) in [5.41, 5.74) is 4.90. The standard InChI is InChI=1S/C19H24O2/c1-14-6-8-18(16(3)12-14)20-10-5-11-21-19-9-7-15(2)13-17(19)4/h6-9,12-13H,5,10-11H2,1-4H3. The lowest BCUT2D eigenvalue weighted by Gasteiger charge is -2.12. The van der Waals surface area contributed by atoms with Crippen LogP contribution < -0.4 is 9.47 Å². The van der Waals surface area contributed by atoms with Crippen molar-refractivity contribution in [1.82, 2.24) is 0 Å². The van der Waals surface area contributed by atoms with Crippen molar-refractivity contribution in [2.24, 2.45) is 0 Å². The van der Waals surface area contributed by atoms with Crippen molar-refractivity contribution in [3.05, 3.63) is 58.7 Å². The van der Waals surface area contributed by atoms with Crippen molar-refractivity contribution >= 4 is 0 Å². The summed E-state index contributed by atoms with van der Waals surface area (Å²) < 4.78 is 11.6. The second-order valence-corrected chi connectivity index (χ2v) is 5.59. The van der Waals surface area contributed by atoms with Gasteiger partial charge in [0.1, 0.15) is 11.5 Å². The van der Waals surface area contributed by atoms with E-state index >= 15 is 0 Å². The summed E-state index contributed by atoms with van der Waals surface area (Å²) >= 11 is 0. The predicted molar refractivity (Wildman–Crippen MR) is 87.4 cm³/mol. The molecule has 2 aromatic carbocycles. The van der Waals surface area contributed by atoms with Crippen molar-refractivity contribution in [2.45, 2.75) is 34.1 Å². The zero-order valence-electron chi connectivity index (χ0n) is 13.4. The van der Waals surface area contributed by atoms with Crippen LogP contribution in [0.3, 0.4) is 0 Å². The van der Waals surface area contributed by atoms with Crippen molar-refractivity contribution < 1.29 is 9.47 Å². The van der Waals surface area contributed by atoms with Gasteiger partial charge in [-0.15, -0.1) is 0 Å². The van der Waals surface area contributed by atoms with Gasteiger partial charge in [-0.2, -0.15) is 0 Å². The zero-order valence-corrected chi connectivity index (χ0v) is 13.4. The Labute approximate surface area is 127 Å². The number of rotatable bonds is 6. The Hall–Kier alpha value is -1.96. The van der Waals surface area contributed by atoms with Gasteiger partial charge in [0.05, 0.1) is 13.2 Å². The van der Waals surface area contributed by atoms with Gasteiger partial charge in [0.15, 0.2) is 0 Å². The summed E-state index contributed by atoms with van der Waals surface area (Å²) in [6.07, 6.45) is 0.876. The molecular weight excluding hydrogens is 260 g/mol. The Morgan fingerprint density at radius 2 is 1.10 bits per heavy atom. The minimum absolute atomic E-state index is 0.675. The Kier molecular flexibility index (Phi) is 5.26. The molecule has 112 valence electrons. The first-order valence-corrected chi connectivity index (χ1v) is 7.46. The van der Waals surface area contributed by atoms with E-state index in [0.717, 1.165) is 17.9 Å². The molecule has 2 aromatic rings. The van der Waals surface area contributed by atoms with E-state index in [4.69, 9.17) is 9.47 Å². The fourth-order valence-electron chi connectivity index (χ4n) is 2.35. The monoisotopic (exact) mass is 284 g/mol. The maximum Gasteiger partial charge on any atom is 0.122 e. The quantitative estimate of drug-likeness (QED) is 0.711. The van der Waals surface area contributed by atoms with Gasteiger partial charge in [0, 0.05) is 6.42 Å². The van der Waals surface area contributed by atoms with E-state index in [0.29, 0.717) is 13.2 Å². The summed E-state index contributed by atoms with van der Waals surface area (Å²) in [6.45, 7) is 9.69. The summed E-state index contributed by atoms with van der Waals surface area (Å²) in [5, 5.41) is 0. The van der Waals surface area contributed by atoms with Crippen LogP contribution in [0.4, 0.5) is 0 Å². The van der Waals surface area contributed by atoms with E-state index in [-0.39, 0.29) is 0 Å². The summed E-state index contributed by atoms with van der Waals surface area (Å²) in [6, 6.07) is 12.5. The molecule has 0 bridgehead atoms. The SMILES string of the molecule is Cc1ccc(OCCCOc2ccc(C)cc2C)c(C)c1. The lowest BCUT2D eigenvalue weighted by Crippen LogP contribution is -2.06. The lowest BCUT2D eigenvalue weighted by molar-refractivity contribution is 0.246. The molecule has 0 spiro atoms. The van der Waals surface area contributed by atoms with E-state index in [9.17, 15) is 0 Å². The minimum atomic E-state index is 0.675. The minimum Gasteiger partial charge on any atom is -0.493 e. The highest BCUT2D eigenvalue weighted by atomic mass is 16.5. The molecule has 2 heteroatoms. The molecule has 0 heterocycles. The van der Waals surface area contributed by atoms with Crippen LogP contribution in [0.1, 0.15) is 28.7 Å². The van der Waals surface area contributed by atoms with E-state index in [1.807, 2.05) is 12.1 Å². The predicted octanol–water partition coefficient (Wildman–Crippen LogP) is 4.77. The Bertz CT molecular complexity index is 549. The second-order valence-electron chi connectivity index (χ2n) is 5.59. The zero-order chi connectivity index (χ0) is 15.2. The molecule has 0 saturated heterocycles. The molecule has 0 N–H and O–H groups in total. The molecule has 0 radical (unpaired) electrons. The van der Waals surface area contributed by atoms with Gasteiger partial charge in [-0.3, -0.25) is 0 Å². The fourth-order valence-corrected chi connectivity index (χ4v) is 2.35. The number of ether oxygens (including phenoxy) is 2. The fraction of sp³-hybridized carbons (Fsp3) is 0.368. The first kappa shape index (κ1) is 15.4. The molecule has 0 fully saturated rings. The van der Waals surface area contributed by atoms with Gasteiger partial charge in [-0.1, -0.05) is 35.4 Å². The van der Waals surface area contributed by atoms with Crippen LogP contribution in [0.15, 0.2) is 36.4 Å². The molecule has 0 amide bonds. The van der Waals surface area contributed by atoms with Gasteiger partial charge < -0.3 is 9.47 Å². The molecule has 2 nitrogen and oxygen atoms in total. The third-order valence-corrected chi connectivity index (χ3v) is 3.46. The summed E-state index contributed by atoms with van der Waals surface area (Å²) in [4.78, 5) is 0. The van der Waals surface area contributed by atoms with Gasteiger partial charge in [-0.05, 0) is 51.0 Å². The van der Waals surface area contributed by atoms with Gasteiger partial charge >= 0.3 is 0 Å². The number of hydrogen-bond acceptors (Lipinski definition) is 2. The van der Waals surface area contributed by atoms with Crippen LogP contribution in [0.5, 0.6) is 11.5 Å². The van der Waals surface area contributed by atoms with E-state index in [1.165, 1.54) is 22.3 Å². The molecule has 0 atom stereocenters. The van der Waals surface area contributed by atoms with Crippen LogP contribution >= 0.6 is 0 Å². The molecule has 21 heavy (non-hydrogen) atoms. The third-order valence-electron chi connectivity index (χ3n) is 3.46. The number of benzene rings is 2. The first-order chi connectivity index (χ1) is 10.1. The maximum absolute atomic E-state index is 5.80. The summed E-state index contributed by atoms with van der Waals surface area (Å²) in [5.74, 6) is 1.93. The van der Waals surface area contributed by atoms with Gasteiger partial charge in [0.2, 0.25) is 0 Å². The maximum atomic E-state index is 5.80. The smallest absolute Gasteiger partial charge is 0.122 e. The Morgan fingerprint density at radius 1 is 0.667 bits per heavy atom. The van der Waals surface area contributed by atoms with Crippen LogP contribution in [0, 0.1) is 27.7 Å². The Morgan fingerprint density at radius 3 is 1.48 bits per heavy atom. The van der Waals surface area contributed by atoms with Gasteiger partial charge in [-0.25, -0.2) is 0 Å². The highest BCUT2D eigenvalue weighted by Crippen LogP contribution is 2.20. The normalized spacial score (nSPS) is 10.5. The van der Waals surface area contributed by atoms with Crippen LogP contribution in [0.25, 0.3) is 0 Å². The van der Waals surface area contributed by atoms with E-state index < -0.39 is 0 Å². The van der Waals surface area contributed by atoms with Crippen LogP contribution in [0.2, 0.25) is 0 Å². The van der Waals surface area contributed by atoms with E-state index in [2.05, 4.69) is 52.0 Å². The molecule has 0 aliphatic carbocycles. The molecule has 0 aliphatic rings. The lowest BCUT2D eigenvalue weighted by atomic mass is 10.1.